The van der Waals surface area contributed by atoms with E-state index in [-0.39, 0.29) is 24.2 Å². The first-order chi connectivity index (χ1) is 4.63. The van der Waals surface area contributed by atoms with Crippen molar-refractivity contribution in [3.05, 3.63) is 36.3 Å². The summed E-state index contributed by atoms with van der Waals surface area (Å²) < 4.78 is 28.2. The third-order valence-corrected chi connectivity index (χ3v) is 0.414. The molecule has 0 aromatic heterocycles. The van der Waals surface area contributed by atoms with Crippen molar-refractivity contribution >= 4 is 0 Å². The van der Waals surface area contributed by atoms with Gasteiger partial charge in [0.25, 0.3) is 0 Å². The van der Waals surface area contributed by atoms with E-state index in [1.165, 1.54) is 6.07 Å². The van der Waals surface area contributed by atoms with E-state index in [1.54, 1.807) is 0 Å². The van der Waals surface area contributed by atoms with Crippen LogP contribution in [0, 0.1) is 6.07 Å². The number of rotatable bonds is 0. The zero-order chi connectivity index (χ0) is 7.72. The Labute approximate surface area is 43.1 Å². The van der Waals surface area contributed by atoms with E-state index in [0.717, 1.165) is 0 Å². The molecule has 0 aliphatic rings. The Morgan fingerprint density at radius 3 is 3.17 bits per heavy atom. The summed E-state index contributed by atoms with van der Waals surface area (Å²) in [6, 6.07) is 2.99. The average molecular weight is 81.1 g/mol. The Kier molecular flexibility index (Phi) is 0.293. The van der Waals surface area contributed by atoms with Gasteiger partial charge in [-0.25, -0.2) is 0 Å². The van der Waals surface area contributed by atoms with E-state index < -0.39 is 0 Å². The van der Waals surface area contributed by atoms with Crippen molar-refractivity contribution < 1.29 is 5.48 Å². The second kappa shape index (κ2) is 1.61. The maximum Gasteiger partial charge on any atom is 0.0629 e. The Balaban J connectivity index is 3.34. The largest absolute Gasteiger partial charge is 0.0629 e. The van der Waals surface area contributed by atoms with Crippen molar-refractivity contribution in [3.63, 3.8) is 0 Å². The summed E-state index contributed by atoms with van der Waals surface area (Å²) in [4.78, 5) is 0. The van der Waals surface area contributed by atoms with Gasteiger partial charge in [-0.15, -0.1) is 0 Å². The minimum atomic E-state index is -0.229. The van der Waals surface area contributed by atoms with Crippen LogP contribution < -0.4 is 0 Å². The van der Waals surface area contributed by atoms with Gasteiger partial charge in [0.2, 0.25) is 0 Å². The van der Waals surface area contributed by atoms with E-state index in [1.807, 2.05) is 0 Å². The van der Waals surface area contributed by atoms with Crippen molar-refractivity contribution in [2.75, 3.05) is 0 Å². The summed E-state index contributed by atoms with van der Waals surface area (Å²) in [6.07, 6.45) is 0. The zero-order valence-corrected chi connectivity index (χ0v) is 3.08. The fourth-order valence-electron chi connectivity index (χ4n) is 0.212. The smallest absolute Gasteiger partial charge is 0.0622 e. The lowest BCUT2D eigenvalue weighted by molar-refractivity contribution is 1.70. The van der Waals surface area contributed by atoms with E-state index in [0.29, 0.717) is 0 Å². The highest BCUT2D eigenvalue weighted by Gasteiger charge is 1.58. The molecular formula is C6H5. The van der Waals surface area contributed by atoms with Crippen LogP contribution in [0.4, 0.5) is 0 Å². The lowest BCUT2D eigenvalue weighted by Crippen LogP contribution is -1.49. The normalized spacial score (nSPS) is 17.3. The van der Waals surface area contributed by atoms with Crippen LogP contribution in [0.5, 0.6) is 0 Å². The summed E-state index contributed by atoms with van der Waals surface area (Å²) in [5, 5.41) is 0. The monoisotopic (exact) mass is 81.1 g/mol. The van der Waals surface area contributed by atoms with Crippen LogP contribution in [0.15, 0.2) is 30.2 Å². The van der Waals surface area contributed by atoms with Gasteiger partial charge < -0.3 is 0 Å². The first-order valence-electron chi connectivity index (χ1n) is 3.58. The third-order valence-electron chi connectivity index (χ3n) is 0.414. The molecule has 0 amide bonds. The molecule has 0 heterocycles. The third kappa shape index (κ3) is 0.582. The second-order valence-corrected chi connectivity index (χ2v) is 0.808. The highest BCUT2D eigenvalue weighted by Crippen LogP contribution is 1.78. The van der Waals surface area contributed by atoms with Gasteiger partial charge in [0.05, 0.1) is 5.48 Å². The molecule has 0 saturated heterocycles. The first kappa shape index (κ1) is 1.09. The first-order valence-corrected chi connectivity index (χ1v) is 1.58. The van der Waals surface area contributed by atoms with Gasteiger partial charge in [-0.2, -0.15) is 0 Å². The summed E-state index contributed by atoms with van der Waals surface area (Å²) in [7, 11) is 0. The Morgan fingerprint density at radius 2 is 2.33 bits per heavy atom. The highest BCUT2D eigenvalue weighted by molar-refractivity contribution is 4.97. The van der Waals surface area contributed by atoms with Crippen molar-refractivity contribution in [2.45, 2.75) is 0 Å². The molecule has 0 N–H and O–H groups in total. The predicted molar refractivity (Wildman–Crippen MR) is 25.3 cm³/mol. The van der Waals surface area contributed by atoms with Gasteiger partial charge in [0.1, 0.15) is 0 Å². The topological polar surface area (TPSA) is 0 Å². The number of benzene rings is 1. The maximum absolute atomic E-state index is 7.07. The number of hydrogen-bond acceptors (Lipinski definition) is 0. The Bertz CT molecular complexity index is 229. The summed E-state index contributed by atoms with van der Waals surface area (Å²) in [5.74, 6) is 0. The SMILES string of the molecule is [2H]c1[c]cc([2H])c([2H])c1[2H]. The Morgan fingerprint density at radius 1 is 1.33 bits per heavy atom. The lowest BCUT2D eigenvalue weighted by atomic mass is 10.4. The molecule has 0 nitrogen and oxygen atoms in total. The van der Waals surface area contributed by atoms with E-state index in [9.17, 15) is 0 Å². The fraction of sp³-hybridized carbons (Fsp3) is 0. The predicted octanol–water partition coefficient (Wildman–Crippen LogP) is 1.49. The molecule has 6 heavy (non-hydrogen) atoms. The van der Waals surface area contributed by atoms with E-state index >= 15 is 0 Å². The fourth-order valence-corrected chi connectivity index (χ4v) is 0.212. The van der Waals surface area contributed by atoms with Crippen LogP contribution in [-0.4, -0.2) is 0 Å². The second-order valence-electron chi connectivity index (χ2n) is 0.808. The van der Waals surface area contributed by atoms with Gasteiger partial charge in [-0.1, -0.05) is 30.2 Å². The van der Waals surface area contributed by atoms with Gasteiger partial charge in [-0.05, 0) is 6.07 Å². The minimum absolute atomic E-state index is 0.0546. The molecule has 0 fully saturated rings. The van der Waals surface area contributed by atoms with E-state index in [4.69, 9.17) is 5.48 Å². The average Bonchev–Trinajstić information content (AvgIpc) is 1.93. The molecule has 0 spiro atoms. The molecule has 0 unspecified atom stereocenters. The van der Waals surface area contributed by atoms with Crippen LogP contribution in [-0.2, 0) is 0 Å². The number of hydrogen-bond donors (Lipinski definition) is 0. The molecule has 0 atom stereocenters. The van der Waals surface area contributed by atoms with Crippen molar-refractivity contribution in [2.24, 2.45) is 0 Å². The zero-order valence-electron chi connectivity index (χ0n) is 7.08. The molecule has 0 saturated carbocycles. The Hall–Kier alpha value is -0.780. The van der Waals surface area contributed by atoms with Crippen LogP contribution in [0.2, 0.25) is 0 Å². The molecule has 1 aromatic rings. The molecule has 1 rings (SSSR count). The van der Waals surface area contributed by atoms with Crippen LogP contribution in [0.1, 0.15) is 5.48 Å². The maximum atomic E-state index is 7.07. The molecule has 0 heteroatoms. The van der Waals surface area contributed by atoms with Crippen LogP contribution >= 0.6 is 0 Å². The van der Waals surface area contributed by atoms with Gasteiger partial charge >= 0.3 is 0 Å². The van der Waals surface area contributed by atoms with Crippen molar-refractivity contribution in [3.8, 4) is 0 Å². The highest BCUT2D eigenvalue weighted by atomic mass is 13.6. The summed E-state index contributed by atoms with van der Waals surface area (Å²) in [5.41, 5.74) is 0. The van der Waals surface area contributed by atoms with Crippen molar-refractivity contribution in [1.29, 1.82) is 0 Å². The summed E-state index contributed by atoms with van der Waals surface area (Å²) >= 11 is 0. The molecule has 0 aliphatic carbocycles. The molecule has 29 valence electrons. The van der Waals surface area contributed by atoms with Crippen LogP contribution in [0.25, 0.3) is 0 Å². The van der Waals surface area contributed by atoms with E-state index in [2.05, 4.69) is 6.07 Å². The molecule has 1 radical (unpaired) electrons. The standard InChI is InChI=1S/C6H5/c1-2-4-6-5-3-1/h1-5H/i1D,2D,3D,4D. The van der Waals surface area contributed by atoms with Gasteiger partial charge in [0, 0.05) is 0 Å². The van der Waals surface area contributed by atoms with Crippen LogP contribution in [0.3, 0.4) is 0 Å². The minimum Gasteiger partial charge on any atom is -0.0622 e. The quantitative estimate of drug-likeness (QED) is 0.444. The molecule has 0 aliphatic heterocycles. The van der Waals surface area contributed by atoms with Crippen molar-refractivity contribution in [1.82, 2.24) is 0 Å². The molecule has 1 aromatic carbocycles. The van der Waals surface area contributed by atoms with Gasteiger partial charge in [0.15, 0.2) is 0 Å². The lowest BCUT2D eigenvalue weighted by Gasteiger charge is -1.68. The summed E-state index contributed by atoms with van der Waals surface area (Å²) in [6.45, 7) is 0. The molecule has 0 bridgehead atoms. The van der Waals surface area contributed by atoms with Gasteiger partial charge in [-0.3, -0.25) is 0 Å². The molecular weight excluding hydrogens is 72.1 g/mol.